The van der Waals surface area contributed by atoms with Crippen LogP contribution < -0.4 is 10.1 Å². The van der Waals surface area contributed by atoms with Crippen LogP contribution in [0, 0.1) is 0 Å². The number of hydrogen-bond acceptors (Lipinski definition) is 7. The van der Waals surface area contributed by atoms with Gasteiger partial charge in [0, 0.05) is 24.2 Å². The molecule has 1 aliphatic heterocycles. The predicted octanol–water partition coefficient (Wildman–Crippen LogP) is 4.78. The molecule has 0 saturated heterocycles. The van der Waals surface area contributed by atoms with Crippen LogP contribution in [0.1, 0.15) is 31.1 Å². The van der Waals surface area contributed by atoms with Crippen LogP contribution in [-0.2, 0) is 6.18 Å². The van der Waals surface area contributed by atoms with Gasteiger partial charge in [0.15, 0.2) is 18.6 Å². The zero-order chi connectivity index (χ0) is 22.8. The molecule has 0 radical (unpaired) electrons. The lowest BCUT2D eigenvalue weighted by molar-refractivity contribution is -0.154. The quantitative estimate of drug-likeness (QED) is 0.640. The van der Waals surface area contributed by atoms with Crippen molar-refractivity contribution in [1.29, 1.82) is 0 Å². The summed E-state index contributed by atoms with van der Waals surface area (Å²) < 4.78 is 84.5. The first-order chi connectivity index (χ1) is 14.4. The number of oxazole rings is 1. The van der Waals surface area contributed by atoms with Crippen LogP contribution >= 0.6 is 0 Å². The van der Waals surface area contributed by atoms with Gasteiger partial charge in [-0.15, -0.1) is 0 Å². The van der Waals surface area contributed by atoms with Gasteiger partial charge < -0.3 is 19.4 Å². The van der Waals surface area contributed by atoms with Gasteiger partial charge in [0.1, 0.15) is 6.26 Å². The molecule has 1 aliphatic rings. The number of nitrogens with one attached hydrogen (secondary N) is 1. The zero-order valence-electron chi connectivity index (χ0n) is 16.2. The maximum Gasteiger partial charge on any atom is 0.436 e. The van der Waals surface area contributed by atoms with Gasteiger partial charge in [0.25, 0.3) is 6.01 Å². The van der Waals surface area contributed by atoms with E-state index in [1.807, 2.05) is 0 Å². The SMILES string of the molecule is CC1=CC=NC(Nc2nc(C(F)(F)F)co2)N1C(C)c1ccc(OCC(F)(F)F)nc1. The molecule has 0 bridgehead atoms. The summed E-state index contributed by atoms with van der Waals surface area (Å²) in [5.41, 5.74) is 0.152. The number of pyridine rings is 1. The summed E-state index contributed by atoms with van der Waals surface area (Å²) in [5.74, 6) is -0.189. The first-order valence-electron chi connectivity index (χ1n) is 8.87. The van der Waals surface area contributed by atoms with E-state index in [1.54, 1.807) is 30.9 Å². The highest BCUT2D eigenvalue weighted by atomic mass is 19.4. The molecular weight excluding hydrogens is 432 g/mol. The number of nitrogens with zero attached hydrogens (tertiary/aromatic N) is 4. The Morgan fingerprint density at radius 3 is 2.55 bits per heavy atom. The first kappa shape index (κ1) is 22.4. The van der Waals surface area contributed by atoms with Crippen molar-refractivity contribution in [2.75, 3.05) is 11.9 Å². The van der Waals surface area contributed by atoms with Crippen molar-refractivity contribution in [2.24, 2.45) is 4.99 Å². The van der Waals surface area contributed by atoms with Crippen LogP contribution in [0.25, 0.3) is 0 Å². The summed E-state index contributed by atoms with van der Waals surface area (Å²) in [6, 6.07) is 2.07. The van der Waals surface area contributed by atoms with Crippen LogP contribution in [0.5, 0.6) is 5.88 Å². The fourth-order valence-corrected chi connectivity index (χ4v) is 2.83. The summed E-state index contributed by atoms with van der Waals surface area (Å²) in [5, 5.41) is 2.69. The molecule has 0 aromatic carbocycles. The van der Waals surface area contributed by atoms with Crippen LogP contribution in [0.15, 0.2) is 45.8 Å². The molecule has 3 heterocycles. The molecule has 0 aliphatic carbocycles. The standard InChI is InChI=1S/C18H17F6N5O2/c1-10-5-6-25-15(28-16-27-13(8-30-16)18(22,23)24)29(10)11(2)12-3-4-14(26-7-12)31-9-17(19,20)21/h3-8,11,15H,9H2,1-2H3,(H,27,28). The van der Waals surface area contributed by atoms with Crippen molar-refractivity contribution in [3.8, 4) is 5.88 Å². The average molecular weight is 449 g/mol. The van der Waals surface area contributed by atoms with E-state index in [-0.39, 0.29) is 11.9 Å². The Bertz CT molecular complexity index is 952. The van der Waals surface area contributed by atoms with Gasteiger partial charge in [0.05, 0.1) is 6.04 Å². The molecular formula is C18H17F6N5O2. The van der Waals surface area contributed by atoms with Gasteiger partial charge in [-0.3, -0.25) is 0 Å². The second kappa shape index (κ2) is 8.47. The number of aliphatic imine (C=N–C) groups is 1. The third-order valence-electron chi connectivity index (χ3n) is 4.30. The normalized spacial score (nSPS) is 18.0. The Morgan fingerprint density at radius 1 is 1.23 bits per heavy atom. The maximum atomic E-state index is 12.7. The molecule has 1 N–H and O–H groups in total. The highest BCUT2D eigenvalue weighted by molar-refractivity contribution is 5.73. The Morgan fingerprint density at radius 2 is 1.97 bits per heavy atom. The summed E-state index contributed by atoms with van der Waals surface area (Å²) in [6.45, 7) is 2.08. The Labute approximate surface area is 172 Å². The van der Waals surface area contributed by atoms with Crippen molar-refractivity contribution in [3.05, 3.63) is 47.6 Å². The molecule has 2 atom stereocenters. The second-order valence-corrected chi connectivity index (χ2v) is 6.58. The smallest absolute Gasteiger partial charge is 0.436 e. The number of hydrogen-bond donors (Lipinski definition) is 1. The van der Waals surface area contributed by atoms with Gasteiger partial charge in [-0.1, -0.05) is 6.07 Å². The van der Waals surface area contributed by atoms with Crippen LogP contribution in [0.4, 0.5) is 32.4 Å². The third kappa shape index (κ3) is 5.67. The maximum absolute atomic E-state index is 12.7. The van der Waals surface area contributed by atoms with E-state index in [1.165, 1.54) is 18.5 Å². The molecule has 0 spiro atoms. The lowest BCUT2D eigenvalue weighted by Crippen LogP contribution is -2.41. The molecule has 168 valence electrons. The van der Waals surface area contributed by atoms with E-state index in [0.717, 1.165) is 5.70 Å². The van der Waals surface area contributed by atoms with Gasteiger partial charge in [-0.2, -0.15) is 31.3 Å². The number of alkyl halides is 6. The minimum absolute atomic E-state index is 0.189. The lowest BCUT2D eigenvalue weighted by atomic mass is 10.1. The number of anilines is 1. The van der Waals surface area contributed by atoms with E-state index in [2.05, 4.69) is 25.0 Å². The lowest BCUT2D eigenvalue weighted by Gasteiger charge is -2.38. The van der Waals surface area contributed by atoms with E-state index in [0.29, 0.717) is 11.8 Å². The van der Waals surface area contributed by atoms with Crippen LogP contribution in [0.2, 0.25) is 0 Å². The Balaban J connectivity index is 1.74. The molecule has 3 rings (SSSR count). The Hall–Kier alpha value is -3.25. The van der Waals surface area contributed by atoms with E-state index in [9.17, 15) is 26.3 Å². The Kier molecular flexibility index (Phi) is 6.13. The second-order valence-electron chi connectivity index (χ2n) is 6.58. The van der Waals surface area contributed by atoms with Crippen molar-refractivity contribution < 1.29 is 35.5 Å². The molecule has 2 aromatic heterocycles. The van der Waals surface area contributed by atoms with E-state index in [4.69, 9.17) is 4.42 Å². The fraction of sp³-hybridized carbons (Fsp3) is 0.389. The van der Waals surface area contributed by atoms with Gasteiger partial charge in [-0.05, 0) is 25.5 Å². The molecule has 2 aromatic rings. The number of aromatic nitrogens is 2. The van der Waals surface area contributed by atoms with E-state index >= 15 is 0 Å². The number of rotatable bonds is 6. The fourth-order valence-electron chi connectivity index (χ4n) is 2.83. The summed E-state index contributed by atoms with van der Waals surface area (Å²) in [4.78, 5) is 13.2. The summed E-state index contributed by atoms with van der Waals surface area (Å²) in [7, 11) is 0. The molecule has 0 amide bonds. The summed E-state index contributed by atoms with van der Waals surface area (Å²) >= 11 is 0. The van der Waals surface area contributed by atoms with Crippen molar-refractivity contribution >= 4 is 12.2 Å². The summed E-state index contributed by atoms with van der Waals surface area (Å²) in [6.07, 6.45) is -4.95. The third-order valence-corrected chi connectivity index (χ3v) is 4.30. The predicted molar refractivity (Wildman–Crippen MR) is 97.2 cm³/mol. The van der Waals surface area contributed by atoms with Crippen LogP contribution in [0.3, 0.4) is 0 Å². The molecule has 0 fully saturated rings. The minimum atomic E-state index is -4.65. The van der Waals surface area contributed by atoms with Gasteiger partial charge in [-0.25, -0.2) is 9.98 Å². The number of ether oxygens (including phenoxy) is 1. The molecule has 13 heteroatoms. The van der Waals surface area contributed by atoms with Gasteiger partial charge in [0.2, 0.25) is 5.88 Å². The van der Waals surface area contributed by atoms with Crippen LogP contribution in [-0.4, -0.2) is 40.2 Å². The topological polar surface area (TPSA) is 75.8 Å². The number of halogens is 6. The largest absolute Gasteiger partial charge is 0.468 e. The number of allylic oxidation sites excluding steroid dienone is 2. The van der Waals surface area contributed by atoms with Crippen molar-refractivity contribution in [2.45, 2.75) is 38.5 Å². The highest BCUT2D eigenvalue weighted by Crippen LogP contribution is 2.32. The highest BCUT2D eigenvalue weighted by Gasteiger charge is 2.36. The first-order valence-corrected chi connectivity index (χ1v) is 8.87. The van der Waals surface area contributed by atoms with Crippen molar-refractivity contribution in [3.63, 3.8) is 0 Å². The molecule has 0 saturated carbocycles. The van der Waals surface area contributed by atoms with E-state index < -0.39 is 37.0 Å². The van der Waals surface area contributed by atoms with Gasteiger partial charge >= 0.3 is 12.4 Å². The molecule has 31 heavy (non-hydrogen) atoms. The molecule has 2 unspecified atom stereocenters. The zero-order valence-corrected chi connectivity index (χ0v) is 16.2. The monoisotopic (exact) mass is 449 g/mol. The molecule has 7 nitrogen and oxygen atoms in total. The average Bonchev–Trinajstić information content (AvgIpc) is 3.15. The van der Waals surface area contributed by atoms with Crippen molar-refractivity contribution in [1.82, 2.24) is 14.9 Å². The minimum Gasteiger partial charge on any atom is -0.468 e.